The molecule has 4 N–H and O–H groups in total. The number of fused-ring (bicyclic) bond motifs is 1. The van der Waals surface area contributed by atoms with Gasteiger partial charge in [0.1, 0.15) is 18.1 Å². The summed E-state index contributed by atoms with van der Waals surface area (Å²) in [5, 5.41) is 21.8. The van der Waals surface area contributed by atoms with E-state index in [2.05, 4.69) is 20.3 Å². The summed E-state index contributed by atoms with van der Waals surface area (Å²) in [7, 11) is 0. The third-order valence-electron chi connectivity index (χ3n) is 5.59. The van der Waals surface area contributed by atoms with E-state index in [0.717, 1.165) is 29.0 Å². The van der Waals surface area contributed by atoms with Crippen molar-refractivity contribution in [1.29, 1.82) is 0 Å². The van der Waals surface area contributed by atoms with E-state index in [1.807, 2.05) is 24.3 Å². The van der Waals surface area contributed by atoms with Crippen LogP contribution in [0, 0.1) is 0 Å². The van der Waals surface area contributed by atoms with E-state index in [1.54, 1.807) is 36.5 Å². The summed E-state index contributed by atoms with van der Waals surface area (Å²) >= 11 is 0. The fourth-order valence-electron chi connectivity index (χ4n) is 3.69. The largest absolute Gasteiger partial charge is 0.484 e. The number of allylic oxidation sites excluding steroid dienone is 1. The van der Waals surface area contributed by atoms with E-state index in [1.165, 1.54) is 6.08 Å². The van der Waals surface area contributed by atoms with Crippen molar-refractivity contribution in [2.45, 2.75) is 12.5 Å². The van der Waals surface area contributed by atoms with Crippen molar-refractivity contribution in [3.63, 3.8) is 0 Å². The third-order valence-corrected chi connectivity index (χ3v) is 5.59. The van der Waals surface area contributed by atoms with E-state index in [0.29, 0.717) is 11.3 Å². The molecule has 4 rings (SSSR count). The van der Waals surface area contributed by atoms with Crippen LogP contribution >= 0.6 is 0 Å². The maximum Gasteiger partial charge on any atom is 0.339 e. The highest BCUT2D eigenvalue weighted by atomic mass is 16.5. The first-order valence-electron chi connectivity index (χ1n) is 11.4. The summed E-state index contributed by atoms with van der Waals surface area (Å²) in [6.07, 6.45) is 6.62. The van der Waals surface area contributed by atoms with Crippen LogP contribution in [0.3, 0.4) is 0 Å². The van der Waals surface area contributed by atoms with E-state index < -0.39 is 30.5 Å². The Labute approximate surface area is 215 Å². The summed E-state index contributed by atoms with van der Waals surface area (Å²) in [5.41, 5.74) is 1.92. The molecule has 0 radical (unpaired) electrons. The second-order valence-corrected chi connectivity index (χ2v) is 8.15. The normalized spacial score (nSPS) is 11.8. The van der Waals surface area contributed by atoms with Crippen molar-refractivity contribution in [2.75, 3.05) is 6.61 Å². The number of aromatic nitrogens is 3. The molecule has 192 valence electrons. The first-order chi connectivity index (χ1) is 18.3. The molecule has 11 heteroatoms. The summed E-state index contributed by atoms with van der Waals surface area (Å²) in [6.45, 7) is -0.465. The molecule has 0 saturated heterocycles. The number of carbonyl (C=O) groups excluding carboxylic acids is 2. The molecule has 0 spiro atoms. The Bertz CT molecular complexity index is 1530. The van der Waals surface area contributed by atoms with Crippen LogP contribution in [0.2, 0.25) is 0 Å². The summed E-state index contributed by atoms with van der Waals surface area (Å²) in [5.74, 6) is -3.16. The van der Waals surface area contributed by atoms with Gasteiger partial charge in [-0.05, 0) is 29.8 Å². The number of carboxylic acids is 2. The number of nitrogens with one attached hydrogen (secondary N) is 2. The minimum absolute atomic E-state index is 0.0204. The lowest BCUT2D eigenvalue weighted by molar-refractivity contribution is -0.142. The van der Waals surface area contributed by atoms with E-state index in [4.69, 9.17) is 4.74 Å². The zero-order chi connectivity index (χ0) is 27.1. The number of aliphatic carboxylic acids is 1. The first kappa shape index (κ1) is 25.8. The van der Waals surface area contributed by atoms with Crippen LogP contribution in [0.4, 0.5) is 0 Å². The number of hydrogen-bond acceptors (Lipinski definition) is 7. The van der Waals surface area contributed by atoms with E-state index in [-0.39, 0.29) is 23.5 Å². The number of benzene rings is 2. The van der Waals surface area contributed by atoms with Gasteiger partial charge in [0.2, 0.25) is 0 Å². The molecule has 1 amide bonds. The molecule has 11 nitrogen and oxygen atoms in total. The van der Waals surface area contributed by atoms with Gasteiger partial charge in [-0.1, -0.05) is 36.4 Å². The molecule has 2 aromatic carbocycles. The fourth-order valence-corrected chi connectivity index (χ4v) is 3.69. The quantitative estimate of drug-likeness (QED) is 0.173. The number of carbonyl (C=O) groups is 4. The fraction of sp³-hybridized carbons (Fsp3) is 0.111. The Morgan fingerprint density at radius 1 is 1.03 bits per heavy atom. The second kappa shape index (κ2) is 11.6. The van der Waals surface area contributed by atoms with Gasteiger partial charge in [-0.3, -0.25) is 9.59 Å². The number of aromatic amines is 1. The van der Waals surface area contributed by atoms with Gasteiger partial charge in [-0.15, -0.1) is 0 Å². The summed E-state index contributed by atoms with van der Waals surface area (Å²) in [6, 6.07) is 12.7. The number of aromatic carboxylic acids is 1. The maximum atomic E-state index is 12.6. The monoisotopic (exact) mass is 514 g/mol. The van der Waals surface area contributed by atoms with Crippen LogP contribution in [-0.2, 0) is 16.0 Å². The Morgan fingerprint density at radius 2 is 1.79 bits per heavy atom. The summed E-state index contributed by atoms with van der Waals surface area (Å²) < 4.78 is 5.43. The molecule has 4 aromatic rings. The Balaban J connectivity index is 1.31. The Hall–Kier alpha value is -5.32. The lowest BCUT2D eigenvalue weighted by atomic mass is 10.1. The molecular formula is C27H22N4O7. The van der Waals surface area contributed by atoms with Crippen LogP contribution in [0.1, 0.15) is 32.0 Å². The number of hydrogen-bond donors (Lipinski definition) is 4. The standard InChI is InChI=1S/C27H22N4O7/c32-24(19-13-29-21-4-2-1-3-18(19)21)10-7-16-5-8-17(9-6-16)38-14-25(33)31-23(27(36)37)11-22-20(26(34)35)12-28-15-30-22/h1-10,12-13,15,23,29H,11,14H2,(H,31,33)(H,34,35)(H,36,37)/b10-7+/t23-/m0/s1. The number of H-pyrrole nitrogens is 1. The Kier molecular flexibility index (Phi) is 7.87. The van der Waals surface area contributed by atoms with Crippen molar-refractivity contribution in [2.24, 2.45) is 0 Å². The number of carboxylic acid groups (broad SMARTS) is 2. The highest BCUT2D eigenvalue weighted by molar-refractivity contribution is 6.14. The number of nitrogens with zero attached hydrogens (tertiary/aromatic N) is 2. The SMILES string of the molecule is O=C(COc1ccc(/C=C/C(=O)c2c[nH]c3ccccc23)cc1)N[C@@H](Cc1ncncc1C(=O)O)C(=O)O. The van der Waals surface area contributed by atoms with Gasteiger partial charge in [0.15, 0.2) is 12.4 Å². The smallest absolute Gasteiger partial charge is 0.339 e. The lowest BCUT2D eigenvalue weighted by Gasteiger charge is -2.15. The van der Waals surface area contributed by atoms with Crippen molar-refractivity contribution in [3.8, 4) is 5.75 Å². The topological polar surface area (TPSA) is 172 Å². The van der Waals surface area contributed by atoms with E-state index in [9.17, 15) is 29.4 Å². The van der Waals surface area contributed by atoms with Crippen molar-refractivity contribution < 1.29 is 34.1 Å². The molecular weight excluding hydrogens is 492 g/mol. The predicted octanol–water partition coefficient (Wildman–Crippen LogP) is 2.74. The molecule has 2 aromatic heterocycles. The average Bonchev–Trinajstić information content (AvgIpc) is 3.35. The predicted molar refractivity (Wildman–Crippen MR) is 136 cm³/mol. The van der Waals surface area contributed by atoms with Crippen LogP contribution in [-0.4, -0.2) is 61.4 Å². The van der Waals surface area contributed by atoms with Gasteiger partial charge in [0, 0.05) is 35.3 Å². The van der Waals surface area contributed by atoms with Crippen molar-refractivity contribution in [3.05, 3.63) is 95.7 Å². The lowest BCUT2D eigenvalue weighted by Crippen LogP contribution is -2.44. The summed E-state index contributed by atoms with van der Waals surface area (Å²) in [4.78, 5) is 58.3. The zero-order valence-electron chi connectivity index (χ0n) is 19.8. The van der Waals surface area contributed by atoms with Crippen molar-refractivity contribution in [1.82, 2.24) is 20.3 Å². The Morgan fingerprint density at radius 3 is 2.53 bits per heavy atom. The average molecular weight is 514 g/mol. The highest BCUT2D eigenvalue weighted by Crippen LogP contribution is 2.19. The molecule has 0 aliphatic carbocycles. The number of ketones is 1. The molecule has 0 saturated carbocycles. The maximum absolute atomic E-state index is 12.6. The molecule has 0 aliphatic rings. The van der Waals surface area contributed by atoms with Gasteiger partial charge >= 0.3 is 11.9 Å². The van der Waals surface area contributed by atoms with Crippen LogP contribution < -0.4 is 10.1 Å². The van der Waals surface area contributed by atoms with Crippen LogP contribution in [0.15, 0.2) is 73.3 Å². The molecule has 2 heterocycles. The number of ether oxygens (including phenoxy) is 1. The molecule has 0 bridgehead atoms. The molecule has 38 heavy (non-hydrogen) atoms. The first-order valence-corrected chi connectivity index (χ1v) is 11.4. The number of amides is 1. The second-order valence-electron chi connectivity index (χ2n) is 8.15. The molecule has 0 unspecified atom stereocenters. The zero-order valence-corrected chi connectivity index (χ0v) is 19.8. The van der Waals surface area contributed by atoms with Crippen molar-refractivity contribution >= 4 is 40.6 Å². The van der Waals surface area contributed by atoms with Gasteiger partial charge in [-0.25, -0.2) is 19.6 Å². The minimum atomic E-state index is -1.42. The molecule has 1 atom stereocenters. The highest BCUT2D eigenvalue weighted by Gasteiger charge is 2.24. The number of para-hydroxylation sites is 1. The molecule has 0 fully saturated rings. The minimum Gasteiger partial charge on any atom is -0.484 e. The number of rotatable bonds is 11. The third kappa shape index (κ3) is 6.26. The van der Waals surface area contributed by atoms with Gasteiger partial charge < -0.3 is 25.3 Å². The van der Waals surface area contributed by atoms with Crippen LogP contribution in [0.25, 0.3) is 17.0 Å². The van der Waals surface area contributed by atoms with Gasteiger partial charge in [0.05, 0.1) is 11.3 Å². The van der Waals surface area contributed by atoms with Crippen LogP contribution in [0.5, 0.6) is 5.75 Å². The van der Waals surface area contributed by atoms with E-state index >= 15 is 0 Å². The molecule has 0 aliphatic heterocycles. The van der Waals surface area contributed by atoms with Gasteiger partial charge in [0.25, 0.3) is 5.91 Å². The van der Waals surface area contributed by atoms with Gasteiger partial charge in [-0.2, -0.15) is 0 Å².